The van der Waals surface area contributed by atoms with Crippen LogP contribution in [0, 0.1) is 4.77 Å². The van der Waals surface area contributed by atoms with Crippen molar-refractivity contribution in [3.63, 3.8) is 0 Å². The first-order chi connectivity index (χ1) is 9.70. The van der Waals surface area contributed by atoms with Gasteiger partial charge in [-0.1, -0.05) is 0 Å². The number of nitrogens with one attached hydrogen (secondary N) is 1. The predicted octanol–water partition coefficient (Wildman–Crippen LogP) is 4.05. The second-order valence-corrected chi connectivity index (χ2v) is 6.89. The molecule has 1 heterocycles. The summed E-state index contributed by atoms with van der Waals surface area (Å²) < 4.78 is 51.4. The van der Waals surface area contributed by atoms with Crippen LogP contribution in [-0.4, -0.2) is 25.8 Å². The van der Waals surface area contributed by atoms with Crippen molar-refractivity contribution in [3.05, 3.63) is 28.5 Å². The van der Waals surface area contributed by atoms with Gasteiger partial charge in [0.1, 0.15) is 0 Å². The monoisotopic (exact) mass is 336 g/mol. The maximum atomic E-state index is 12.7. The third-order valence-corrected chi connectivity index (χ3v) is 4.42. The molecule has 8 heteroatoms. The Morgan fingerprint density at radius 1 is 1.43 bits per heavy atom. The van der Waals surface area contributed by atoms with Gasteiger partial charge in [-0.2, -0.15) is 13.2 Å². The van der Waals surface area contributed by atoms with Crippen molar-refractivity contribution in [2.75, 3.05) is 12.0 Å². The Balaban J connectivity index is 2.44. The lowest BCUT2D eigenvalue weighted by Crippen LogP contribution is -2.09. The number of aromatic amines is 1. The smallest absolute Gasteiger partial charge is 0.331 e. The summed E-state index contributed by atoms with van der Waals surface area (Å²) in [4.78, 5) is 2.81. The molecule has 1 aromatic carbocycles. The third-order valence-electron chi connectivity index (χ3n) is 3.31. The lowest BCUT2D eigenvalue weighted by atomic mass is 10.2. The van der Waals surface area contributed by atoms with Gasteiger partial charge in [0.05, 0.1) is 16.6 Å². The van der Waals surface area contributed by atoms with Crippen molar-refractivity contribution in [1.29, 1.82) is 0 Å². The lowest BCUT2D eigenvalue weighted by molar-refractivity contribution is -0.137. The topological polar surface area (TPSA) is 37.8 Å². The molecule has 0 aliphatic heterocycles. The van der Waals surface area contributed by atoms with E-state index in [2.05, 4.69) is 4.98 Å². The number of hydrogen-bond acceptors (Lipinski definition) is 2. The van der Waals surface area contributed by atoms with Crippen LogP contribution in [-0.2, 0) is 17.0 Å². The van der Waals surface area contributed by atoms with Crippen LogP contribution < -0.4 is 0 Å². The van der Waals surface area contributed by atoms with Crippen LogP contribution in [0.15, 0.2) is 18.2 Å². The molecule has 0 aliphatic carbocycles. The minimum Gasteiger partial charge on any atom is -0.331 e. The normalized spacial score (nSPS) is 15.3. The van der Waals surface area contributed by atoms with E-state index in [1.165, 1.54) is 6.07 Å². The quantitative estimate of drug-likeness (QED) is 0.856. The van der Waals surface area contributed by atoms with Crippen molar-refractivity contribution in [1.82, 2.24) is 9.55 Å². The number of alkyl halides is 3. The van der Waals surface area contributed by atoms with Crippen molar-refractivity contribution < 1.29 is 17.4 Å². The zero-order valence-corrected chi connectivity index (χ0v) is 13.2. The number of rotatable bonds is 4. The Morgan fingerprint density at radius 3 is 2.67 bits per heavy atom. The summed E-state index contributed by atoms with van der Waals surface area (Å²) in [5, 5.41) is 0. The van der Waals surface area contributed by atoms with Gasteiger partial charge in [0, 0.05) is 28.9 Å². The summed E-state index contributed by atoms with van der Waals surface area (Å²) >= 11 is 5.20. The molecule has 0 saturated carbocycles. The second-order valence-electron chi connectivity index (χ2n) is 4.94. The maximum Gasteiger partial charge on any atom is 0.416 e. The zero-order chi connectivity index (χ0) is 15.8. The summed E-state index contributed by atoms with van der Waals surface area (Å²) in [5.74, 6) is 0.524. The molecule has 0 bridgehead atoms. The first-order valence-electron chi connectivity index (χ1n) is 6.31. The van der Waals surface area contributed by atoms with Gasteiger partial charge in [0.2, 0.25) is 0 Å². The molecule has 0 aliphatic rings. The second kappa shape index (κ2) is 5.92. The molecular weight excluding hydrogens is 321 g/mol. The van der Waals surface area contributed by atoms with Crippen LogP contribution in [0.25, 0.3) is 11.0 Å². The van der Waals surface area contributed by atoms with Crippen molar-refractivity contribution in [3.8, 4) is 0 Å². The average molecular weight is 336 g/mol. The molecule has 2 aromatic rings. The van der Waals surface area contributed by atoms with E-state index in [9.17, 15) is 17.4 Å². The highest BCUT2D eigenvalue weighted by molar-refractivity contribution is 7.84. The van der Waals surface area contributed by atoms with Crippen molar-refractivity contribution in [2.45, 2.75) is 25.6 Å². The summed E-state index contributed by atoms with van der Waals surface area (Å²) in [5.41, 5.74) is 0.280. The molecule has 2 rings (SSSR count). The molecule has 21 heavy (non-hydrogen) atoms. The van der Waals surface area contributed by atoms with Crippen LogP contribution in [0.5, 0.6) is 0 Å². The molecule has 1 aromatic heterocycles. The molecule has 0 saturated heterocycles. The fraction of sp³-hybridized carbons (Fsp3) is 0.462. The van der Waals surface area contributed by atoms with E-state index in [0.29, 0.717) is 28.0 Å². The Morgan fingerprint density at radius 2 is 2.10 bits per heavy atom. The molecule has 3 nitrogen and oxygen atoms in total. The molecule has 0 amide bonds. The molecule has 2 atom stereocenters. The van der Waals surface area contributed by atoms with Gasteiger partial charge < -0.3 is 9.55 Å². The van der Waals surface area contributed by atoms with Crippen molar-refractivity contribution >= 4 is 34.1 Å². The van der Waals surface area contributed by atoms with E-state index in [4.69, 9.17) is 12.2 Å². The number of imidazole rings is 1. The zero-order valence-electron chi connectivity index (χ0n) is 11.5. The van der Waals surface area contributed by atoms with E-state index in [-0.39, 0.29) is 6.04 Å². The third kappa shape index (κ3) is 3.55. The van der Waals surface area contributed by atoms with Crippen LogP contribution in [0.1, 0.15) is 24.9 Å². The van der Waals surface area contributed by atoms with E-state index in [1.807, 2.05) is 6.92 Å². The van der Waals surface area contributed by atoms with Crippen LogP contribution >= 0.6 is 12.2 Å². The van der Waals surface area contributed by atoms with Gasteiger partial charge in [-0.15, -0.1) is 0 Å². The molecule has 116 valence electrons. The number of aromatic nitrogens is 2. The van der Waals surface area contributed by atoms with Gasteiger partial charge in [-0.25, -0.2) is 0 Å². The van der Waals surface area contributed by atoms with Crippen LogP contribution in [0.4, 0.5) is 13.2 Å². The Bertz CT molecular complexity index is 733. The van der Waals surface area contributed by atoms with Crippen LogP contribution in [0.3, 0.4) is 0 Å². The first kappa shape index (κ1) is 16.2. The maximum absolute atomic E-state index is 12.7. The lowest BCUT2D eigenvalue weighted by Gasteiger charge is -2.14. The number of H-pyrrole nitrogens is 1. The minimum absolute atomic E-state index is 0.0353. The highest BCUT2D eigenvalue weighted by Gasteiger charge is 2.30. The van der Waals surface area contributed by atoms with Gasteiger partial charge >= 0.3 is 6.18 Å². The number of benzene rings is 1. The molecule has 0 fully saturated rings. The van der Waals surface area contributed by atoms with E-state index < -0.39 is 22.5 Å². The Hall–Kier alpha value is -1.15. The summed E-state index contributed by atoms with van der Waals surface area (Å²) in [6, 6.07) is 3.49. The van der Waals surface area contributed by atoms with Crippen molar-refractivity contribution in [2.24, 2.45) is 0 Å². The fourth-order valence-electron chi connectivity index (χ4n) is 2.21. The van der Waals surface area contributed by atoms with Crippen LogP contribution in [0.2, 0.25) is 0 Å². The SMILES string of the molecule is CC(CCS(C)=O)n1c(=S)[nH]c2cc(C(F)(F)F)ccc21. The van der Waals surface area contributed by atoms with E-state index in [1.54, 1.807) is 10.8 Å². The average Bonchev–Trinajstić information content (AvgIpc) is 2.69. The highest BCUT2D eigenvalue weighted by Crippen LogP contribution is 2.32. The molecule has 2 unspecified atom stereocenters. The van der Waals surface area contributed by atoms with E-state index >= 15 is 0 Å². The fourth-order valence-corrected chi connectivity index (χ4v) is 3.27. The summed E-state index contributed by atoms with van der Waals surface area (Å²) in [6.07, 6.45) is -2.11. The predicted molar refractivity (Wildman–Crippen MR) is 80.4 cm³/mol. The Labute approximate surface area is 127 Å². The summed E-state index contributed by atoms with van der Waals surface area (Å²) in [6.45, 7) is 1.91. The molecule has 1 N–H and O–H groups in total. The minimum atomic E-state index is -4.38. The molecule has 0 radical (unpaired) electrons. The largest absolute Gasteiger partial charge is 0.416 e. The van der Waals surface area contributed by atoms with E-state index in [0.717, 1.165) is 12.1 Å². The number of hydrogen-bond donors (Lipinski definition) is 1. The van der Waals surface area contributed by atoms with Gasteiger partial charge in [0.15, 0.2) is 4.77 Å². The number of halogens is 3. The number of nitrogens with zero attached hydrogens (tertiary/aromatic N) is 1. The number of fused-ring (bicyclic) bond motifs is 1. The van der Waals surface area contributed by atoms with Gasteiger partial charge in [-0.3, -0.25) is 4.21 Å². The Kier molecular flexibility index (Phi) is 4.57. The first-order valence-corrected chi connectivity index (χ1v) is 8.45. The molecule has 0 spiro atoms. The summed E-state index contributed by atoms with van der Waals surface area (Å²) in [7, 11) is -0.910. The van der Waals surface area contributed by atoms with Gasteiger partial charge in [0.25, 0.3) is 0 Å². The highest BCUT2D eigenvalue weighted by atomic mass is 32.2. The standard InChI is InChI=1S/C13H15F3N2OS2/c1-8(5-6-21(2)19)18-11-4-3-9(13(14,15)16)7-10(11)17-12(18)20/h3-4,7-8H,5-6H2,1-2H3,(H,17,20). The van der Waals surface area contributed by atoms with Gasteiger partial charge in [-0.05, 0) is 43.8 Å². The molecular formula is C13H15F3N2OS2.